The predicted molar refractivity (Wildman–Crippen MR) is 110 cm³/mol. The van der Waals surface area contributed by atoms with Gasteiger partial charge in [0, 0.05) is 37.2 Å². The molecule has 6 heteroatoms. The molecule has 0 aliphatic heterocycles. The van der Waals surface area contributed by atoms with Crippen LogP contribution in [0.15, 0.2) is 36.7 Å². The highest BCUT2D eigenvalue weighted by atomic mass is 16.5. The molecule has 1 fully saturated rings. The Morgan fingerprint density at radius 3 is 2.57 bits per heavy atom. The lowest BCUT2D eigenvalue weighted by Gasteiger charge is -2.26. The van der Waals surface area contributed by atoms with E-state index in [-0.39, 0.29) is 17.9 Å². The van der Waals surface area contributed by atoms with Gasteiger partial charge in [0.1, 0.15) is 11.6 Å². The van der Waals surface area contributed by atoms with Crippen LogP contribution < -0.4 is 5.32 Å². The van der Waals surface area contributed by atoms with Crippen LogP contribution in [0, 0.1) is 12.8 Å². The average Bonchev–Trinajstić information content (AvgIpc) is 3.06. The van der Waals surface area contributed by atoms with Crippen molar-refractivity contribution in [2.45, 2.75) is 38.7 Å². The first-order valence-electron chi connectivity index (χ1n) is 9.77. The fraction of sp³-hybridized carbons (Fsp3) is 0.409. The van der Waals surface area contributed by atoms with Crippen molar-refractivity contribution in [3.63, 3.8) is 0 Å². The summed E-state index contributed by atoms with van der Waals surface area (Å²) in [6, 6.07) is 8.19. The molecule has 0 saturated heterocycles. The molecule has 0 radical (unpaired) electrons. The van der Waals surface area contributed by atoms with Crippen LogP contribution in [-0.2, 0) is 16.6 Å². The molecule has 1 N–H and O–H groups in total. The Morgan fingerprint density at radius 1 is 1.11 bits per heavy atom. The van der Waals surface area contributed by atoms with Crippen molar-refractivity contribution in [1.29, 1.82) is 0 Å². The Labute approximate surface area is 164 Å². The molecule has 146 valence electrons. The topological polar surface area (TPSA) is 69.0 Å². The summed E-state index contributed by atoms with van der Waals surface area (Å²) in [7, 11) is 3.75. The second-order valence-corrected chi connectivity index (χ2v) is 7.58. The number of methoxy groups -OCH3 is 1. The van der Waals surface area contributed by atoms with Gasteiger partial charge in [-0.1, -0.05) is 12.1 Å². The van der Waals surface area contributed by atoms with E-state index in [1.807, 2.05) is 32.4 Å². The summed E-state index contributed by atoms with van der Waals surface area (Å²) in [5.74, 6) is 1.66. The first-order valence-corrected chi connectivity index (χ1v) is 9.77. The third-order valence-electron chi connectivity index (χ3n) is 5.87. The summed E-state index contributed by atoms with van der Waals surface area (Å²) >= 11 is 0. The number of fused-ring (bicyclic) bond motifs is 1. The second kappa shape index (κ2) is 7.72. The van der Waals surface area contributed by atoms with Gasteiger partial charge in [0.05, 0.1) is 18.0 Å². The maximum Gasteiger partial charge on any atom is 0.228 e. The summed E-state index contributed by atoms with van der Waals surface area (Å²) in [6.45, 7) is 1.99. The molecule has 1 aliphatic rings. The van der Waals surface area contributed by atoms with E-state index < -0.39 is 0 Å². The lowest BCUT2D eigenvalue weighted by Crippen LogP contribution is -2.29. The van der Waals surface area contributed by atoms with Gasteiger partial charge in [0.2, 0.25) is 5.91 Å². The van der Waals surface area contributed by atoms with Crippen LogP contribution in [-0.4, -0.2) is 33.7 Å². The summed E-state index contributed by atoms with van der Waals surface area (Å²) in [5.41, 5.74) is 2.16. The van der Waals surface area contributed by atoms with E-state index in [9.17, 15) is 4.79 Å². The first kappa shape index (κ1) is 18.6. The van der Waals surface area contributed by atoms with Crippen molar-refractivity contribution < 1.29 is 9.53 Å². The number of rotatable bonds is 4. The zero-order valence-electron chi connectivity index (χ0n) is 16.6. The number of hydrogen-bond donors (Lipinski definition) is 1. The van der Waals surface area contributed by atoms with Gasteiger partial charge in [-0.3, -0.25) is 4.79 Å². The van der Waals surface area contributed by atoms with Crippen LogP contribution in [0.2, 0.25) is 0 Å². The smallest absolute Gasteiger partial charge is 0.228 e. The molecule has 0 unspecified atom stereocenters. The van der Waals surface area contributed by atoms with Crippen molar-refractivity contribution in [3.05, 3.63) is 42.5 Å². The lowest BCUT2D eigenvalue weighted by molar-refractivity contribution is -0.121. The summed E-state index contributed by atoms with van der Waals surface area (Å²) in [5, 5.41) is 5.09. The van der Waals surface area contributed by atoms with Crippen LogP contribution in [0.3, 0.4) is 0 Å². The molecule has 0 spiro atoms. The van der Waals surface area contributed by atoms with Gasteiger partial charge in [-0.15, -0.1) is 0 Å². The fourth-order valence-electron chi connectivity index (χ4n) is 3.93. The van der Waals surface area contributed by atoms with Crippen LogP contribution in [0.4, 0.5) is 5.82 Å². The van der Waals surface area contributed by atoms with Crippen molar-refractivity contribution in [1.82, 2.24) is 14.5 Å². The van der Waals surface area contributed by atoms with Gasteiger partial charge < -0.3 is 14.6 Å². The Balaban J connectivity index is 1.54. The summed E-state index contributed by atoms with van der Waals surface area (Å²) in [4.78, 5) is 21.4. The van der Waals surface area contributed by atoms with Crippen LogP contribution >= 0.6 is 0 Å². The quantitative estimate of drug-likeness (QED) is 0.742. The lowest BCUT2D eigenvalue weighted by atomic mass is 9.87. The van der Waals surface area contributed by atoms with E-state index >= 15 is 0 Å². The molecule has 1 saturated carbocycles. The summed E-state index contributed by atoms with van der Waals surface area (Å²) < 4.78 is 7.46. The number of pyridine rings is 1. The maximum atomic E-state index is 12.6. The Kier molecular flexibility index (Phi) is 5.13. The number of nitrogens with zero attached hydrogens (tertiary/aromatic N) is 3. The van der Waals surface area contributed by atoms with Crippen molar-refractivity contribution in [3.8, 4) is 11.3 Å². The molecule has 2 aromatic heterocycles. The van der Waals surface area contributed by atoms with Crippen molar-refractivity contribution in [2.75, 3.05) is 12.4 Å². The Morgan fingerprint density at radius 2 is 1.89 bits per heavy atom. The maximum absolute atomic E-state index is 12.6. The highest BCUT2D eigenvalue weighted by Gasteiger charge is 2.26. The molecule has 0 atom stereocenters. The monoisotopic (exact) mass is 378 g/mol. The number of nitrogens with one attached hydrogen (secondary N) is 1. The molecule has 28 heavy (non-hydrogen) atoms. The minimum absolute atomic E-state index is 0.0349. The number of aryl methyl sites for hydroxylation is 1. The third kappa shape index (κ3) is 3.64. The van der Waals surface area contributed by atoms with Gasteiger partial charge in [-0.2, -0.15) is 0 Å². The van der Waals surface area contributed by atoms with E-state index in [0.717, 1.165) is 53.5 Å². The number of carbonyl (C=O) groups is 1. The van der Waals surface area contributed by atoms with Gasteiger partial charge in [-0.25, -0.2) is 9.97 Å². The minimum atomic E-state index is 0.0349. The van der Waals surface area contributed by atoms with Crippen molar-refractivity contribution in [2.24, 2.45) is 13.0 Å². The van der Waals surface area contributed by atoms with Gasteiger partial charge in [0.25, 0.3) is 0 Å². The predicted octanol–water partition coefficient (Wildman–Crippen LogP) is 4.09. The molecular weight excluding hydrogens is 352 g/mol. The number of carbonyl (C=O) groups excluding carboxylic acids is 1. The SMILES string of the molecule is CO[C@H]1CC[C@H](C(=O)Nc2cc3cc(-c4cnc(C)n4C)ccc3cn2)CC1. The van der Waals surface area contributed by atoms with Gasteiger partial charge in [0.15, 0.2) is 0 Å². The normalized spacial score (nSPS) is 19.7. The van der Waals surface area contributed by atoms with Crippen LogP contribution in [0.25, 0.3) is 22.0 Å². The first-order chi connectivity index (χ1) is 13.5. The largest absolute Gasteiger partial charge is 0.381 e. The molecule has 1 amide bonds. The zero-order chi connectivity index (χ0) is 19.7. The average molecular weight is 378 g/mol. The number of anilines is 1. The van der Waals surface area contributed by atoms with E-state index in [4.69, 9.17) is 4.74 Å². The third-order valence-corrected chi connectivity index (χ3v) is 5.87. The molecule has 6 nitrogen and oxygen atoms in total. The van der Waals surface area contributed by atoms with Crippen LogP contribution in [0.5, 0.6) is 0 Å². The molecule has 3 aromatic rings. The standard InChI is InChI=1S/C22H26N4O2/c1-14-23-13-20(26(14)2)16-4-5-17-12-24-21(11-18(17)10-16)25-22(27)15-6-8-19(28-3)9-7-15/h4-5,10-13,15,19H,6-9H2,1-3H3,(H,24,25,27)/t15-,19-. The molecule has 2 heterocycles. The summed E-state index contributed by atoms with van der Waals surface area (Å²) in [6.07, 6.45) is 7.59. The van der Waals surface area contributed by atoms with E-state index in [0.29, 0.717) is 5.82 Å². The van der Waals surface area contributed by atoms with E-state index in [2.05, 4.69) is 38.1 Å². The van der Waals surface area contributed by atoms with E-state index in [1.54, 1.807) is 7.11 Å². The number of imidazole rings is 1. The Hall–Kier alpha value is -2.73. The number of hydrogen-bond acceptors (Lipinski definition) is 4. The van der Waals surface area contributed by atoms with Crippen LogP contribution in [0.1, 0.15) is 31.5 Å². The molecule has 4 rings (SSSR count). The van der Waals surface area contributed by atoms with E-state index in [1.165, 1.54) is 0 Å². The molecule has 0 bridgehead atoms. The highest BCUT2D eigenvalue weighted by molar-refractivity contribution is 5.95. The van der Waals surface area contributed by atoms with Crippen molar-refractivity contribution >= 4 is 22.5 Å². The fourth-order valence-corrected chi connectivity index (χ4v) is 3.93. The molecule has 1 aromatic carbocycles. The molecular formula is C22H26N4O2. The van der Waals surface area contributed by atoms with Gasteiger partial charge in [-0.05, 0) is 50.1 Å². The highest BCUT2D eigenvalue weighted by Crippen LogP contribution is 2.28. The zero-order valence-corrected chi connectivity index (χ0v) is 16.6. The minimum Gasteiger partial charge on any atom is -0.381 e. The number of amides is 1. The number of benzene rings is 1. The van der Waals surface area contributed by atoms with Gasteiger partial charge >= 0.3 is 0 Å². The number of ether oxygens (including phenoxy) is 1. The Bertz CT molecular complexity index is 1000. The molecule has 1 aliphatic carbocycles. The number of aromatic nitrogens is 3. The second-order valence-electron chi connectivity index (χ2n) is 7.58.